The minimum absolute atomic E-state index is 0.106. The van der Waals surface area contributed by atoms with Gasteiger partial charge in [0.25, 0.3) is 11.8 Å². The SMILES string of the molecule is O=C(c1n[nH]c2ccccc12)N1CC(Oc2ccccc2-c2nc(-c3ccccc3)no2)C1. The Labute approximate surface area is 188 Å². The number of rotatable bonds is 5. The van der Waals surface area contributed by atoms with Gasteiger partial charge in [0.2, 0.25) is 5.82 Å². The Kier molecular flexibility index (Phi) is 4.61. The molecule has 1 fully saturated rings. The zero-order valence-corrected chi connectivity index (χ0v) is 17.5. The van der Waals surface area contributed by atoms with E-state index in [-0.39, 0.29) is 12.0 Å². The number of nitrogens with one attached hydrogen (secondary N) is 1. The van der Waals surface area contributed by atoms with Gasteiger partial charge in [0.15, 0.2) is 5.69 Å². The molecule has 1 aliphatic rings. The van der Waals surface area contributed by atoms with Gasteiger partial charge >= 0.3 is 0 Å². The lowest BCUT2D eigenvalue weighted by atomic mass is 10.1. The van der Waals surface area contributed by atoms with E-state index in [2.05, 4.69) is 20.3 Å². The number of carbonyl (C=O) groups excluding carboxylic acids is 1. The summed E-state index contributed by atoms with van der Waals surface area (Å²) in [6, 6.07) is 24.8. The molecule has 0 aliphatic carbocycles. The molecule has 3 heterocycles. The van der Waals surface area contributed by atoms with Crippen molar-refractivity contribution >= 4 is 16.8 Å². The number of amides is 1. The first-order valence-electron chi connectivity index (χ1n) is 10.6. The fourth-order valence-corrected chi connectivity index (χ4v) is 3.92. The minimum atomic E-state index is -0.128. The van der Waals surface area contributed by atoms with E-state index < -0.39 is 0 Å². The number of benzene rings is 3. The number of ether oxygens (including phenoxy) is 1. The van der Waals surface area contributed by atoms with Crippen LogP contribution in [0.5, 0.6) is 5.75 Å². The second-order valence-corrected chi connectivity index (χ2v) is 7.85. The van der Waals surface area contributed by atoms with Gasteiger partial charge in [-0.3, -0.25) is 9.89 Å². The van der Waals surface area contributed by atoms with E-state index >= 15 is 0 Å². The van der Waals surface area contributed by atoms with Crippen molar-refractivity contribution in [3.63, 3.8) is 0 Å². The molecule has 1 saturated heterocycles. The first kappa shape index (κ1) is 19.2. The van der Waals surface area contributed by atoms with E-state index in [4.69, 9.17) is 9.26 Å². The molecule has 8 nitrogen and oxygen atoms in total. The Balaban J connectivity index is 1.16. The highest BCUT2D eigenvalue weighted by Gasteiger charge is 2.35. The molecule has 1 amide bonds. The highest BCUT2D eigenvalue weighted by Crippen LogP contribution is 2.32. The van der Waals surface area contributed by atoms with Crippen molar-refractivity contribution in [3.05, 3.63) is 84.6 Å². The number of hydrogen-bond acceptors (Lipinski definition) is 6. The Morgan fingerprint density at radius 2 is 1.73 bits per heavy atom. The van der Waals surface area contributed by atoms with Gasteiger partial charge in [0, 0.05) is 10.9 Å². The first-order chi connectivity index (χ1) is 16.3. The van der Waals surface area contributed by atoms with Crippen LogP contribution in [0.2, 0.25) is 0 Å². The Morgan fingerprint density at radius 1 is 0.970 bits per heavy atom. The molecule has 33 heavy (non-hydrogen) atoms. The van der Waals surface area contributed by atoms with Crippen LogP contribution >= 0.6 is 0 Å². The van der Waals surface area contributed by atoms with Crippen LogP contribution in [0.15, 0.2) is 83.4 Å². The molecule has 0 atom stereocenters. The van der Waals surface area contributed by atoms with Crippen molar-refractivity contribution in [3.8, 4) is 28.6 Å². The molecule has 1 aliphatic heterocycles. The zero-order chi connectivity index (χ0) is 22.2. The predicted octanol–water partition coefficient (Wildman–Crippen LogP) is 4.18. The average Bonchev–Trinajstić information content (AvgIpc) is 3.49. The van der Waals surface area contributed by atoms with Crippen molar-refractivity contribution in [1.82, 2.24) is 25.2 Å². The number of fused-ring (bicyclic) bond motifs is 1. The normalized spacial score (nSPS) is 13.8. The average molecular weight is 437 g/mol. The van der Waals surface area contributed by atoms with Gasteiger partial charge in [0.1, 0.15) is 11.9 Å². The largest absolute Gasteiger partial charge is 0.486 e. The number of aromatic amines is 1. The summed E-state index contributed by atoms with van der Waals surface area (Å²) in [5.74, 6) is 1.44. The number of carbonyl (C=O) groups is 1. The van der Waals surface area contributed by atoms with Crippen LogP contribution in [0.3, 0.4) is 0 Å². The molecule has 0 bridgehead atoms. The number of aromatic nitrogens is 4. The Hall–Kier alpha value is -4.46. The van der Waals surface area contributed by atoms with Crippen LogP contribution in [-0.4, -0.2) is 50.3 Å². The van der Waals surface area contributed by atoms with Crippen molar-refractivity contribution in [2.24, 2.45) is 0 Å². The van der Waals surface area contributed by atoms with Gasteiger partial charge in [0.05, 0.1) is 24.2 Å². The molecule has 6 rings (SSSR count). The summed E-state index contributed by atoms with van der Waals surface area (Å²) in [4.78, 5) is 19.1. The number of nitrogens with zero attached hydrogens (tertiary/aromatic N) is 4. The lowest BCUT2D eigenvalue weighted by molar-refractivity contribution is 0.0176. The highest BCUT2D eigenvalue weighted by atomic mass is 16.5. The van der Waals surface area contributed by atoms with Crippen molar-refractivity contribution in [1.29, 1.82) is 0 Å². The van der Waals surface area contributed by atoms with Crippen molar-refractivity contribution in [2.75, 3.05) is 13.1 Å². The van der Waals surface area contributed by atoms with Crippen LogP contribution < -0.4 is 4.74 Å². The third-order valence-electron chi connectivity index (χ3n) is 5.68. The summed E-state index contributed by atoms with van der Waals surface area (Å²) in [6.45, 7) is 0.959. The first-order valence-corrected chi connectivity index (χ1v) is 10.6. The van der Waals surface area contributed by atoms with E-state index in [0.29, 0.717) is 36.2 Å². The smallest absolute Gasteiger partial charge is 0.275 e. The van der Waals surface area contributed by atoms with Gasteiger partial charge in [-0.05, 0) is 18.2 Å². The Bertz CT molecular complexity index is 1440. The number of para-hydroxylation sites is 2. The molecule has 5 aromatic rings. The lowest BCUT2D eigenvalue weighted by Gasteiger charge is -2.38. The van der Waals surface area contributed by atoms with Gasteiger partial charge in [-0.2, -0.15) is 10.1 Å². The van der Waals surface area contributed by atoms with Gasteiger partial charge in [-0.25, -0.2) is 0 Å². The fraction of sp³-hybridized carbons (Fsp3) is 0.120. The fourth-order valence-electron chi connectivity index (χ4n) is 3.92. The van der Waals surface area contributed by atoms with E-state index in [9.17, 15) is 4.79 Å². The molecule has 0 radical (unpaired) electrons. The quantitative estimate of drug-likeness (QED) is 0.443. The van der Waals surface area contributed by atoms with Crippen molar-refractivity contribution in [2.45, 2.75) is 6.10 Å². The zero-order valence-electron chi connectivity index (χ0n) is 17.5. The second-order valence-electron chi connectivity index (χ2n) is 7.85. The standard InChI is InChI=1S/C25H19N5O3/c31-25(22-18-10-4-6-12-20(18)27-28-22)30-14-17(15-30)32-21-13-7-5-11-19(21)24-26-23(29-33-24)16-8-2-1-3-9-16/h1-13,17H,14-15H2,(H,27,28). The van der Waals surface area contributed by atoms with E-state index in [0.717, 1.165) is 22.0 Å². The molecule has 0 spiro atoms. The van der Waals surface area contributed by atoms with E-state index in [1.807, 2.05) is 78.9 Å². The Morgan fingerprint density at radius 3 is 2.61 bits per heavy atom. The third kappa shape index (κ3) is 3.51. The van der Waals surface area contributed by atoms with E-state index in [1.54, 1.807) is 4.90 Å². The molecule has 2 aromatic heterocycles. The molecule has 3 aromatic carbocycles. The van der Waals surface area contributed by atoms with Crippen LogP contribution in [-0.2, 0) is 0 Å². The van der Waals surface area contributed by atoms with Gasteiger partial charge < -0.3 is 14.2 Å². The summed E-state index contributed by atoms with van der Waals surface area (Å²) in [6.07, 6.45) is -0.128. The van der Waals surface area contributed by atoms with Gasteiger partial charge in [-0.1, -0.05) is 65.8 Å². The molecular formula is C25H19N5O3. The summed E-state index contributed by atoms with van der Waals surface area (Å²) < 4.78 is 11.7. The van der Waals surface area contributed by atoms with E-state index in [1.165, 1.54) is 0 Å². The van der Waals surface area contributed by atoms with Crippen LogP contribution in [0.4, 0.5) is 0 Å². The van der Waals surface area contributed by atoms with Crippen LogP contribution in [0.25, 0.3) is 33.7 Å². The molecule has 162 valence electrons. The predicted molar refractivity (Wildman–Crippen MR) is 122 cm³/mol. The molecular weight excluding hydrogens is 418 g/mol. The molecule has 0 unspecified atom stereocenters. The monoisotopic (exact) mass is 437 g/mol. The summed E-state index contributed by atoms with van der Waals surface area (Å²) in [5, 5.41) is 12.0. The topological polar surface area (TPSA) is 97.1 Å². The lowest BCUT2D eigenvalue weighted by Crippen LogP contribution is -2.56. The number of hydrogen-bond donors (Lipinski definition) is 1. The minimum Gasteiger partial charge on any atom is -0.486 e. The maximum absolute atomic E-state index is 12.9. The molecule has 1 N–H and O–H groups in total. The summed E-state index contributed by atoms with van der Waals surface area (Å²) in [7, 11) is 0. The maximum Gasteiger partial charge on any atom is 0.275 e. The van der Waals surface area contributed by atoms with Gasteiger partial charge in [-0.15, -0.1) is 0 Å². The van der Waals surface area contributed by atoms with Crippen LogP contribution in [0.1, 0.15) is 10.5 Å². The molecule has 8 heteroatoms. The third-order valence-corrected chi connectivity index (χ3v) is 5.68. The second kappa shape index (κ2) is 7.90. The number of likely N-dealkylation sites (tertiary alicyclic amines) is 1. The van der Waals surface area contributed by atoms with Crippen molar-refractivity contribution < 1.29 is 14.1 Å². The molecule has 0 saturated carbocycles. The summed E-state index contributed by atoms with van der Waals surface area (Å²) >= 11 is 0. The number of H-pyrrole nitrogens is 1. The summed E-state index contributed by atoms with van der Waals surface area (Å²) in [5.41, 5.74) is 2.88. The highest BCUT2D eigenvalue weighted by molar-refractivity contribution is 6.04. The van der Waals surface area contributed by atoms with Crippen LogP contribution in [0, 0.1) is 0 Å². The maximum atomic E-state index is 12.9.